The Morgan fingerprint density at radius 2 is 1.15 bits per heavy atom. The molecule has 6 aromatic rings. The normalized spacial score (nSPS) is 17.1. The Hall–Kier alpha value is -6.69. The maximum Gasteiger partial charge on any atom is 0.410 e. The van der Waals surface area contributed by atoms with Gasteiger partial charge in [0.2, 0.25) is 5.91 Å². The van der Waals surface area contributed by atoms with Crippen LogP contribution >= 0.6 is 12.4 Å². The second-order valence-electron chi connectivity index (χ2n) is 20.3. The summed E-state index contributed by atoms with van der Waals surface area (Å²) in [6.07, 6.45) is 7.09. The standard InChI is InChI=1S/C25H31N5O5S.C14H14N4O2S.C12H21NO4.ClH/c1-17-7-9-20(10-8-17)36(33,34)30-13-11-21-22(30)26-14-19(28-21)15-27-23(31)18-6-5-12-29(16-18)24(32)35-25(2,3)4;1-10-2-4-12(5-3-10)21(19,20)18-7-6-13-14(18)16-9-11(8-15)17-13;1-8-5-6-13(7-9(8)10(14)15)11(16)17-12(2,3)4;/h7-11,13-14,18H,5-6,12,15-16H2,1-4H3,(H,27,31);2-7,9H,8,15H2,1H3;8-9H,5-7H2,1-4H3,(H,14,15);1H/t18-;;8-,9+;/m1.1./s1. The zero-order chi connectivity index (χ0) is 54.3. The lowest BCUT2D eigenvalue weighted by Crippen LogP contribution is -2.47. The van der Waals surface area contributed by atoms with Crippen LogP contribution in [0.2, 0.25) is 0 Å². The molecule has 21 nitrogen and oxygen atoms in total. The molecule has 0 unspecified atom stereocenters. The summed E-state index contributed by atoms with van der Waals surface area (Å²) >= 11 is 0. The lowest BCUT2D eigenvalue weighted by atomic mass is 9.87. The predicted molar refractivity (Wildman–Crippen MR) is 283 cm³/mol. The molecule has 0 saturated carbocycles. The molecule has 0 bridgehead atoms. The van der Waals surface area contributed by atoms with Crippen molar-refractivity contribution in [2.24, 2.45) is 23.5 Å². The number of aryl methyl sites for hydroxylation is 2. The van der Waals surface area contributed by atoms with Crippen LogP contribution in [0, 0.1) is 31.6 Å². The van der Waals surface area contributed by atoms with Crippen LogP contribution in [-0.2, 0) is 52.2 Å². The molecule has 6 heterocycles. The number of aliphatic carboxylic acids is 1. The summed E-state index contributed by atoms with van der Waals surface area (Å²) in [4.78, 5) is 68.6. The molecule has 3 atom stereocenters. The largest absolute Gasteiger partial charge is 0.481 e. The van der Waals surface area contributed by atoms with Crippen molar-refractivity contribution in [3.8, 4) is 0 Å². The minimum absolute atomic E-state index is 0. The van der Waals surface area contributed by atoms with Crippen LogP contribution < -0.4 is 11.1 Å². The molecule has 4 N–H and O–H groups in total. The molecule has 0 aliphatic carbocycles. The number of carbonyl (C=O) groups is 4. The number of ether oxygens (including phenoxy) is 2. The van der Waals surface area contributed by atoms with Crippen LogP contribution in [0.4, 0.5) is 9.59 Å². The number of hydrogen-bond acceptors (Lipinski definition) is 15. The van der Waals surface area contributed by atoms with Crippen LogP contribution in [0.25, 0.3) is 22.3 Å². The maximum absolute atomic E-state index is 13.0. The number of likely N-dealkylation sites (tertiary alicyclic amines) is 2. The average Bonchev–Trinajstić information content (AvgIpc) is 3.98. The second-order valence-corrected chi connectivity index (χ2v) is 24.0. The molecule has 75 heavy (non-hydrogen) atoms. The SMILES string of the molecule is C[C@@H]1CCN(C(=O)OC(C)(C)C)C[C@@H]1C(=O)O.Cc1ccc(S(=O)(=O)n2ccc3nc(CN)cnc32)cc1.Cc1ccc(S(=O)(=O)n2ccc3nc(CNC(=O)[C@@H]4CCCN(C(=O)OC(C)(C)C)C4)cnc32)cc1.Cl. The summed E-state index contributed by atoms with van der Waals surface area (Å²) in [5, 5.41) is 11.9. The van der Waals surface area contributed by atoms with Crippen molar-refractivity contribution < 1.29 is 50.6 Å². The number of halogens is 1. The third-order valence-corrected chi connectivity index (χ3v) is 15.4. The molecule has 406 valence electrons. The summed E-state index contributed by atoms with van der Waals surface area (Å²) in [5.74, 6) is -1.75. The van der Waals surface area contributed by atoms with E-state index in [0.29, 0.717) is 67.0 Å². The van der Waals surface area contributed by atoms with Crippen LogP contribution in [0.3, 0.4) is 0 Å². The van der Waals surface area contributed by atoms with Gasteiger partial charge in [-0.25, -0.2) is 54.3 Å². The first-order valence-corrected chi connectivity index (χ1v) is 27.0. The highest BCUT2D eigenvalue weighted by atomic mass is 35.5. The first-order valence-electron chi connectivity index (χ1n) is 24.1. The Balaban J connectivity index is 0.000000226. The summed E-state index contributed by atoms with van der Waals surface area (Å²) in [5.41, 5.74) is 8.88. The molecule has 2 aliphatic rings. The third kappa shape index (κ3) is 15.2. The van der Waals surface area contributed by atoms with Gasteiger partial charge in [-0.1, -0.05) is 42.3 Å². The van der Waals surface area contributed by atoms with Gasteiger partial charge in [-0.3, -0.25) is 9.59 Å². The fourth-order valence-corrected chi connectivity index (χ4v) is 10.6. The van der Waals surface area contributed by atoms with Crippen molar-refractivity contribution in [1.82, 2.24) is 43.0 Å². The molecule has 8 rings (SSSR count). The Morgan fingerprint density at radius 3 is 1.60 bits per heavy atom. The van der Waals surface area contributed by atoms with Crippen molar-refractivity contribution in [1.29, 1.82) is 0 Å². The van der Waals surface area contributed by atoms with Crippen molar-refractivity contribution in [3.63, 3.8) is 0 Å². The molecule has 2 aromatic carbocycles. The number of nitrogens with two attached hydrogens (primary N) is 1. The molecular weight excluding hydrogens is 1030 g/mol. The number of nitrogens with zero attached hydrogens (tertiary/aromatic N) is 8. The number of nitrogens with one attached hydrogen (secondary N) is 1. The fraction of sp³-hybridized carbons (Fsp3) is 0.451. The first-order chi connectivity index (χ1) is 34.7. The number of benzene rings is 2. The summed E-state index contributed by atoms with van der Waals surface area (Å²) in [6.45, 7) is 18.6. The highest BCUT2D eigenvalue weighted by molar-refractivity contribution is 7.90. The number of rotatable bonds is 9. The van der Waals surface area contributed by atoms with Crippen LogP contribution in [0.5, 0.6) is 0 Å². The number of fused-ring (bicyclic) bond motifs is 2. The van der Waals surface area contributed by atoms with Gasteiger partial charge in [-0.15, -0.1) is 12.4 Å². The second kappa shape index (κ2) is 24.3. The van der Waals surface area contributed by atoms with Gasteiger partial charge in [0.25, 0.3) is 20.0 Å². The van der Waals surface area contributed by atoms with Gasteiger partial charge in [-0.2, -0.15) is 0 Å². The molecule has 3 amide bonds. The van der Waals surface area contributed by atoms with Crippen LogP contribution in [-0.4, -0.2) is 121 Å². The van der Waals surface area contributed by atoms with E-state index >= 15 is 0 Å². The summed E-state index contributed by atoms with van der Waals surface area (Å²) < 4.78 is 64.3. The first kappa shape index (κ1) is 59.2. The predicted octanol–water partition coefficient (Wildman–Crippen LogP) is 7.06. The third-order valence-electron chi connectivity index (χ3n) is 12.0. The van der Waals surface area contributed by atoms with Gasteiger partial charge >= 0.3 is 18.2 Å². The Kier molecular flexibility index (Phi) is 19.2. The Morgan fingerprint density at radius 1 is 0.693 bits per heavy atom. The van der Waals surface area contributed by atoms with Gasteiger partial charge in [0.1, 0.15) is 22.2 Å². The van der Waals surface area contributed by atoms with E-state index < -0.39 is 55.3 Å². The van der Waals surface area contributed by atoms with E-state index in [2.05, 4.69) is 25.3 Å². The molecule has 0 radical (unpaired) electrons. The van der Waals surface area contributed by atoms with Gasteiger partial charge in [0.05, 0.1) is 52.0 Å². The summed E-state index contributed by atoms with van der Waals surface area (Å²) in [6, 6.07) is 16.5. The lowest BCUT2D eigenvalue weighted by molar-refractivity contribution is -0.145. The highest BCUT2D eigenvalue weighted by Gasteiger charge is 2.35. The molecule has 4 aromatic heterocycles. The molecular formula is C51H67ClN10O11S2. The number of amides is 3. The zero-order valence-corrected chi connectivity index (χ0v) is 46.0. The quantitative estimate of drug-likeness (QED) is 0.131. The van der Waals surface area contributed by atoms with E-state index in [1.54, 1.807) is 86.3 Å². The minimum Gasteiger partial charge on any atom is -0.481 e. The Labute approximate surface area is 443 Å². The maximum atomic E-state index is 13.0. The van der Waals surface area contributed by atoms with E-state index in [4.69, 9.17) is 20.3 Å². The summed E-state index contributed by atoms with van der Waals surface area (Å²) in [7, 11) is -7.49. The van der Waals surface area contributed by atoms with E-state index in [-0.39, 0.29) is 65.2 Å². The topological polar surface area (TPSA) is 281 Å². The molecule has 24 heteroatoms. The zero-order valence-electron chi connectivity index (χ0n) is 43.6. The number of carboxylic acid groups (broad SMARTS) is 1. The van der Waals surface area contributed by atoms with Crippen molar-refractivity contribution >= 4 is 78.8 Å². The molecule has 2 fully saturated rings. The van der Waals surface area contributed by atoms with Crippen LogP contribution in [0.15, 0.2) is 95.2 Å². The average molecular weight is 1100 g/mol. The smallest absolute Gasteiger partial charge is 0.410 e. The van der Waals surface area contributed by atoms with E-state index in [0.717, 1.165) is 19.1 Å². The number of piperidine rings is 2. The van der Waals surface area contributed by atoms with E-state index in [1.807, 2.05) is 41.5 Å². The number of carboxylic acids is 1. The van der Waals surface area contributed by atoms with Crippen molar-refractivity contribution in [3.05, 3.63) is 108 Å². The molecule has 2 saturated heterocycles. The van der Waals surface area contributed by atoms with Gasteiger partial charge in [0, 0.05) is 45.1 Å². The van der Waals surface area contributed by atoms with Gasteiger partial charge in [-0.05, 0) is 117 Å². The fourth-order valence-electron chi connectivity index (χ4n) is 7.96. The van der Waals surface area contributed by atoms with Crippen molar-refractivity contribution in [2.75, 3.05) is 26.2 Å². The Bertz CT molecular complexity index is 3210. The lowest BCUT2D eigenvalue weighted by Gasteiger charge is -2.35. The number of hydrogen-bond donors (Lipinski definition) is 3. The number of carbonyl (C=O) groups excluding carboxylic acids is 3. The van der Waals surface area contributed by atoms with Crippen LogP contribution in [0.1, 0.15) is 90.2 Å². The molecule has 2 aliphatic heterocycles. The van der Waals surface area contributed by atoms with E-state index in [9.17, 15) is 36.0 Å². The highest BCUT2D eigenvalue weighted by Crippen LogP contribution is 2.26. The minimum atomic E-state index is -3.81. The van der Waals surface area contributed by atoms with Gasteiger partial charge in [0.15, 0.2) is 11.3 Å². The monoisotopic (exact) mass is 1090 g/mol. The van der Waals surface area contributed by atoms with Crippen molar-refractivity contribution in [2.45, 2.75) is 116 Å². The number of aromatic nitrogens is 6. The molecule has 0 spiro atoms. The van der Waals surface area contributed by atoms with E-state index in [1.165, 1.54) is 29.7 Å². The van der Waals surface area contributed by atoms with Gasteiger partial charge < -0.3 is 35.4 Å².